The van der Waals surface area contributed by atoms with E-state index < -0.39 is 0 Å². The van der Waals surface area contributed by atoms with Crippen molar-refractivity contribution in [2.45, 2.75) is 20.4 Å². The van der Waals surface area contributed by atoms with Crippen molar-refractivity contribution in [3.63, 3.8) is 0 Å². The minimum Gasteiger partial charge on any atom is -0.303 e. The fraction of sp³-hybridized carbons (Fsp3) is 0.176. The number of nitrogens with zero attached hydrogens (tertiary/aromatic N) is 1. The van der Waals surface area contributed by atoms with Gasteiger partial charge in [-0.25, -0.2) is 4.79 Å². The summed E-state index contributed by atoms with van der Waals surface area (Å²) in [7, 11) is 0. The molecule has 22 heavy (non-hydrogen) atoms. The van der Waals surface area contributed by atoms with Gasteiger partial charge in [0.1, 0.15) is 5.70 Å². The van der Waals surface area contributed by atoms with Crippen molar-refractivity contribution in [1.82, 2.24) is 10.2 Å². The second kappa shape index (κ2) is 5.77. The van der Waals surface area contributed by atoms with E-state index in [1.54, 1.807) is 17.4 Å². The van der Waals surface area contributed by atoms with Crippen LogP contribution < -0.4 is 5.32 Å². The number of benzene rings is 1. The smallest absolute Gasteiger partial charge is 0.303 e. The van der Waals surface area contributed by atoms with Crippen LogP contribution in [0.15, 0.2) is 41.4 Å². The third kappa shape index (κ3) is 2.80. The summed E-state index contributed by atoms with van der Waals surface area (Å²) in [5.41, 5.74) is 3.51. The number of carbonyl (C=O) groups excluding carboxylic acids is 2. The number of hydrogen-bond acceptors (Lipinski definition) is 3. The van der Waals surface area contributed by atoms with Gasteiger partial charge in [-0.1, -0.05) is 29.8 Å². The SMILES string of the molecule is Cc1ccc(CN2C(=O)N/C(=C/c3sccc3C)C2=O)cc1. The molecular formula is C17H16N2O2S. The molecule has 3 amide bonds. The van der Waals surface area contributed by atoms with Crippen LogP contribution in [0.5, 0.6) is 0 Å². The van der Waals surface area contributed by atoms with Gasteiger partial charge in [-0.2, -0.15) is 0 Å². The van der Waals surface area contributed by atoms with Crippen LogP contribution in [-0.2, 0) is 11.3 Å². The number of amides is 3. The van der Waals surface area contributed by atoms with Gasteiger partial charge in [0.2, 0.25) is 0 Å². The molecule has 0 radical (unpaired) electrons. The third-order valence-corrected chi connectivity index (χ3v) is 4.57. The molecule has 0 aliphatic carbocycles. The van der Waals surface area contributed by atoms with Crippen LogP contribution in [0.4, 0.5) is 4.79 Å². The monoisotopic (exact) mass is 312 g/mol. The highest BCUT2D eigenvalue weighted by molar-refractivity contribution is 7.11. The summed E-state index contributed by atoms with van der Waals surface area (Å²) in [6, 6.07) is 9.43. The molecule has 1 aliphatic heterocycles. The number of nitrogens with one attached hydrogen (secondary N) is 1. The molecule has 1 fully saturated rings. The average molecular weight is 312 g/mol. The second-order valence-electron chi connectivity index (χ2n) is 5.33. The second-order valence-corrected chi connectivity index (χ2v) is 6.28. The van der Waals surface area contributed by atoms with Gasteiger partial charge in [-0.05, 0) is 42.5 Å². The highest BCUT2D eigenvalue weighted by Crippen LogP contribution is 2.22. The quantitative estimate of drug-likeness (QED) is 0.697. The standard InChI is InChI=1S/C17H16N2O2S/c1-11-3-5-13(6-4-11)10-19-16(20)14(18-17(19)21)9-15-12(2)7-8-22-15/h3-9H,10H2,1-2H3,(H,18,21)/b14-9+. The number of thiophene rings is 1. The maximum atomic E-state index is 12.4. The molecule has 2 aromatic rings. The zero-order chi connectivity index (χ0) is 15.7. The van der Waals surface area contributed by atoms with E-state index in [1.165, 1.54) is 4.90 Å². The first-order chi connectivity index (χ1) is 10.5. The molecule has 0 unspecified atom stereocenters. The zero-order valence-corrected chi connectivity index (χ0v) is 13.2. The van der Waals surface area contributed by atoms with Crippen molar-refractivity contribution in [2.75, 3.05) is 0 Å². The summed E-state index contributed by atoms with van der Waals surface area (Å²) in [5.74, 6) is -0.279. The molecule has 1 aliphatic rings. The summed E-state index contributed by atoms with van der Waals surface area (Å²) in [5, 5.41) is 4.62. The molecule has 0 bridgehead atoms. The van der Waals surface area contributed by atoms with E-state index in [0.29, 0.717) is 5.70 Å². The Bertz CT molecular complexity index is 759. The number of hydrogen-bond donors (Lipinski definition) is 1. The van der Waals surface area contributed by atoms with Gasteiger partial charge in [0.05, 0.1) is 6.54 Å². The summed E-state index contributed by atoms with van der Waals surface area (Å²) < 4.78 is 0. The topological polar surface area (TPSA) is 49.4 Å². The lowest BCUT2D eigenvalue weighted by molar-refractivity contribution is -0.123. The van der Waals surface area contributed by atoms with Gasteiger partial charge >= 0.3 is 6.03 Å². The molecular weight excluding hydrogens is 296 g/mol. The third-order valence-electron chi connectivity index (χ3n) is 3.60. The normalized spacial score (nSPS) is 16.5. The van der Waals surface area contributed by atoms with Gasteiger partial charge in [0, 0.05) is 4.88 Å². The molecule has 3 rings (SSSR count). The predicted molar refractivity (Wildman–Crippen MR) is 87.3 cm³/mol. The number of carbonyl (C=O) groups is 2. The van der Waals surface area contributed by atoms with Crippen LogP contribution in [0.25, 0.3) is 6.08 Å². The predicted octanol–water partition coefficient (Wildman–Crippen LogP) is 3.46. The highest BCUT2D eigenvalue weighted by Gasteiger charge is 2.33. The Hall–Kier alpha value is -2.40. The molecule has 4 nitrogen and oxygen atoms in total. The summed E-state index contributed by atoms with van der Waals surface area (Å²) in [4.78, 5) is 26.7. The van der Waals surface area contributed by atoms with Gasteiger partial charge in [-0.3, -0.25) is 9.69 Å². The van der Waals surface area contributed by atoms with Crippen LogP contribution in [0.3, 0.4) is 0 Å². The Morgan fingerprint density at radius 2 is 1.86 bits per heavy atom. The minimum atomic E-state index is -0.369. The highest BCUT2D eigenvalue weighted by atomic mass is 32.1. The Morgan fingerprint density at radius 1 is 1.14 bits per heavy atom. The Morgan fingerprint density at radius 3 is 2.50 bits per heavy atom. The molecule has 1 aromatic carbocycles. The van der Waals surface area contributed by atoms with Crippen molar-refractivity contribution in [1.29, 1.82) is 0 Å². The van der Waals surface area contributed by atoms with Crippen LogP contribution in [0, 0.1) is 13.8 Å². The summed E-state index contributed by atoms with van der Waals surface area (Å²) >= 11 is 1.55. The van der Waals surface area contributed by atoms with E-state index in [9.17, 15) is 9.59 Å². The first kappa shape index (κ1) is 14.5. The number of urea groups is 1. The largest absolute Gasteiger partial charge is 0.329 e. The number of aryl methyl sites for hydroxylation is 2. The van der Waals surface area contributed by atoms with Gasteiger partial charge < -0.3 is 5.32 Å². The lowest BCUT2D eigenvalue weighted by Crippen LogP contribution is -2.30. The van der Waals surface area contributed by atoms with Crippen LogP contribution in [0.1, 0.15) is 21.6 Å². The van der Waals surface area contributed by atoms with E-state index in [4.69, 9.17) is 0 Å². The van der Waals surface area contributed by atoms with Crippen molar-refractivity contribution in [3.05, 3.63) is 63.0 Å². The van der Waals surface area contributed by atoms with Crippen molar-refractivity contribution in [2.24, 2.45) is 0 Å². The van der Waals surface area contributed by atoms with Gasteiger partial charge in [0.15, 0.2) is 0 Å². The number of rotatable bonds is 3. The van der Waals surface area contributed by atoms with Crippen molar-refractivity contribution >= 4 is 29.4 Å². The molecule has 0 spiro atoms. The van der Waals surface area contributed by atoms with E-state index in [-0.39, 0.29) is 18.5 Å². The fourth-order valence-corrected chi connectivity index (χ4v) is 3.11. The molecule has 112 valence electrons. The van der Waals surface area contributed by atoms with Gasteiger partial charge in [-0.15, -0.1) is 11.3 Å². The van der Waals surface area contributed by atoms with Gasteiger partial charge in [0.25, 0.3) is 5.91 Å². The average Bonchev–Trinajstić information content (AvgIpc) is 3.00. The van der Waals surface area contributed by atoms with E-state index >= 15 is 0 Å². The van der Waals surface area contributed by atoms with Crippen molar-refractivity contribution in [3.8, 4) is 0 Å². The minimum absolute atomic E-state index is 0.279. The first-order valence-electron chi connectivity index (χ1n) is 6.99. The van der Waals surface area contributed by atoms with E-state index in [2.05, 4.69) is 5.32 Å². The van der Waals surface area contributed by atoms with E-state index in [1.807, 2.05) is 49.6 Å². The molecule has 1 aromatic heterocycles. The van der Waals surface area contributed by atoms with Crippen LogP contribution >= 0.6 is 11.3 Å². The lowest BCUT2D eigenvalue weighted by atomic mass is 10.1. The molecule has 0 atom stereocenters. The Kier molecular flexibility index (Phi) is 3.81. The van der Waals surface area contributed by atoms with Crippen molar-refractivity contribution < 1.29 is 9.59 Å². The lowest BCUT2D eigenvalue weighted by Gasteiger charge is -2.11. The molecule has 1 N–H and O–H groups in total. The fourth-order valence-electron chi connectivity index (χ4n) is 2.25. The first-order valence-corrected chi connectivity index (χ1v) is 7.87. The molecule has 0 saturated carbocycles. The number of imide groups is 1. The van der Waals surface area contributed by atoms with Crippen LogP contribution in [-0.4, -0.2) is 16.8 Å². The van der Waals surface area contributed by atoms with E-state index in [0.717, 1.165) is 21.6 Å². The molecule has 5 heteroatoms. The summed E-state index contributed by atoms with van der Waals surface area (Å²) in [6.07, 6.45) is 1.75. The molecule has 1 saturated heterocycles. The molecule has 2 heterocycles. The summed E-state index contributed by atoms with van der Waals surface area (Å²) in [6.45, 7) is 4.27. The zero-order valence-electron chi connectivity index (χ0n) is 12.4. The maximum Gasteiger partial charge on any atom is 0.329 e. The Labute approximate surface area is 133 Å². The van der Waals surface area contributed by atoms with Crippen LogP contribution in [0.2, 0.25) is 0 Å². The Balaban J connectivity index is 1.81. The maximum absolute atomic E-state index is 12.4.